The molecule has 4 rings (SSSR count). The molecular formula is C21H19BN2O5. The van der Waals surface area contributed by atoms with Gasteiger partial charge in [-0.2, -0.15) is 0 Å². The summed E-state index contributed by atoms with van der Waals surface area (Å²) in [6.07, 6.45) is 1.72. The van der Waals surface area contributed by atoms with Crippen molar-refractivity contribution in [2.24, 2.45) is 0 Å². The highest BCUT2D eigenvalue weighted by Crippen LogP contribution is 2.16. The Morgan fingerprint density at radius 2 is 2.14 bits per heavy atom. The average molecular weight is 390 g/mol. The van der Waals surface area contributed by atoms with E-state index >= 15 is 0 Å². The van der Waals surface area contributed by atoms with Crippen molar-refractivity contribution >= 4 is 35.4 Å². The topological polar surface area (TPSA) is 97.8 Å². The average Bonchev–Trinajstić information content (AvgIpc) is 3.12. The number of fused-ring (bicyclic) bond motifs is 2. The third-order valence-corrected chi connectivity index (χ3v) is 4.95. The zero-order valence-corrected chi connectivity index (χ0v) is 15.8. The Morgan fingerprint density at radius 3 is 3.00 bits per heavy atom. The summed E-state index contributed by atoms with van der Waals surface area (Å²) >= 11 is 0. The van der Waals surface area contributed by atoms with E-state index in [1.54, 1.807) is 25.3 Å². The summed E-state index contributed by atoms with van der Waals surface area (Å²) in [5.41, 5.74) is 4.22. The summed E-state index contributed by atoms with van der Waals surface area (Å²) < 4.78 is 10.4. The number of hydrogen-bond acceptors (Lipinski definition) is 6. The van der Waals surface area contributed by atoms with E-state index in [9.17, 15) is 14.6 Å². The highest BCUT2D eigenvalue weighted by atomic mass is 16.5. The molecule has 2 heterocycles. The Hall–Kier alpha value is -3.23. The molecule has 0 saturated carbocycles. The molecule has 1 aliphatic rings. The molecule has 0 atom stereocenters. The molecule has 0 saturated heterocycles. The molecule has 2 aromatic carbocycles. The second-order valence-corrected chi connectivity index (χ2v) is 6.85. The highest BCUT2D eigenvalue weighted by molar-refractivity contribution is 6.62. The van der Waals surface area contributed by atoms with Gasteiger partial charge in [-0.15, -0.1) is 0 Å². The molecule has 0 fully saturated rings. The first-order chi connectivity index (χ1) is 14.0. The van der Waals surface area contributed by atoms with E-state index in [1.165, 1.54) is 0 Å². The number of ether oxygens (including phenoxy) is 1. The second-order valence-electron chi connectivity index (χ2n) is 6.85. The maximum Gasteiger partial charge on any atom is 0.492 e. The third kappa shape index (κ3) is 3.99. The molecule has 3 aromatic rings. The predicted octanol–water partition coefficient (Wildman–Crippen LogP) is 1.23. The van der Waals surface area contributed by atoms with Gasteiger partial charge >= 0.3 is 13.1 Å². The fourth-order valence-electron chi connectivity index (χ4n) is 3.43. The van der Waals surface area contributed by atoms with E-state index in [4.69, 9.17) is 9.39 Å². The van der Waals surface area contributed by atoms with E-state index in [0.717, 1.165) is 22.0 Å². The number of benzene rings is 2. The molecule has 8 heteroatoms. The van der Waals surface area contributed by atoms with Crippen LogP contribution in [0.25, 0.3) is 10.9 Å². The molecule has 0 unspecified atom stereocenters. The van der Waals surface area contributed by atoms with E-state index in [0.29, 0.717) is 23.2 Å². The molecular weight excluding hydrogens is 371 g/mol. The predicted molar refractivity (Wildman–Crippen MR) is 107 cm³/mol. The number of hydrogen-bond donors (Lipinski definition) is 2. The van der Waals surface area contributed by atoms with Crippen LogP contribution in [0.3, 0.4) is 0 Å². The number of aromatic nitrogens is 1. The zero-order valence-electron chi connectivity index (χ0n) is 15.8. The summed E-state index contributed by atoms with van der Waals surface area (Å²) in [5, 5.41) is 13.4. The Bertz CT molecular complexity index is 1100. The van der Waals surface area contributed by atoms with Crippen LogP contribution < -0.4 is 10.8 Å². The van der Waals surface area contributed by atoms with E-state index in [-0.39, 0.29) is 13.2 Å². The SMILES string of the molecule is Cc1c(C(=O)NCC(=O)OCc2ccc3ncccc3c2)ccc2c1B(O)OC2. The molecule has 0 radical (unpaired) electrons. The fourth-order valence-corrected chi connectivity index (χ4v) is 3.43. The maximum absolute atomic E-state index is 12.4. The Kier molecular flexibility index (Phi) is 5.29. The Balaban J connectivity index is 1.33. The first-order valence-corrected chi connectivity index (χ1v) is 9.22. The van der Waals surface area contributed by atoms with E-state index < -0.39 is 19.0 Å². The Morgan fingerprint density at radius 1 is 1.28 bits per heavy atom. The molecule has 0 bridgehead atoms. The number of nitrogens with zero attached hydrogens (tertiary/aromatic N) is 1. The van der Waals surface area contributed by atoms with Crippen LogP contribution in [-0.4, -0.2) is 35.5 Å². The van der Waals surface area contributed by atoms with Crippen LogP contribution in [0.15, 0.2) is 48.7 Å². The van der Waals surface area contributed by atoms with Crippen LogP contribution in [0.1, 0.15) is 27.0 Å². The van der Waals surface area contributed by atoms with Crippen LogP contribution in [0.5, 0.6) is 0 Å². The molecule has 1 aromatic heterocycles. The monoisotopic (exact) mass is 390 g/mol. The minimum atomic E-state index is -1.03. The lowest BCUT2D eigenvalue weighted by Crippen LogP contribution is -2.35. The van der Waals surface area contributed by atoms with Gasteiger partial charge in [0.2, 0.25) is 0 Å². The largest absolute Gasteiger partial charge is 0.492 e. The van der Waals surface area contributed by atoms with Crippen LogP contribution in [-0.2, 0) is 27.4 Å². The zero-order chi connectivity index (χ0) is 20.4. The molecule has 0 aliphatic carbocycles. The lowest BCUT2D eigenvalue weighted by molar-refractivity contribution is -0.143. The van der Waals surface area contributed by atoms with Crippen LogP contribution >= 0.6 is 0 Å². The smallest absolute Gasteiger partial charge is 0.460 e. The first kappa shape index (κ1) is 19.1. The van der Waals surface area contributed by atoms with Gasteiger partial charge in [-0.05, 0) is 53.3 Å². The quantitative estimate of drug-likeness (QED) is 0.503. The normalized spacial score (nSPS) is 12.7. The minimum Gasteiger partial charge on any atom is -0.460 e. The minimum absolute atomic E-state index is 0.112. The Labute approximate surface area is 167 Å². The summed E-state index contributed by atoms with van der Waals surface area (Å²) in [4.78, 5) is 28.7. The molecule has 146 valence electrons. The fraction of sp³-hybridized carbons (Fsp3) is 0.190. The van der Waals surface area contributed by atoms with Crippen molar-refractivity contribution < 1.29 is 24.0 Å². The lowest BCUT2D eigenvalue weighted by atomic mass is 9.75. The van der Waals surface area contributed by atoms with E-state index in [2.05, 4.69) is 10.3 Å². The van der Waals surface area contributed by atoms with Gasteiger partial charge in [-0.1, -0.05) is 18.2 Å². The second kappa shape index (κ2) is 8.02. The lowest BCUT2D eigenvalue weighted by Gasteiger charge is -2.11. The van der Waals surface area contributed by atoms with Crippen molar-refractivity contribution in [3.05, 3.63) is 70.9 Å². The summed E-state index contributed by atoms with van der Waals surface area (Å²) in [7, 11) is -1.03. The van der Waals surface area contributed by atoms with Gasteiger partial charge < -0.3 is 19.7 Å². The van der Waals surface area contributed by atoms with Crippen molar-refractivity contribution in [3.8, 4) is 0 Å². The van der Waals surface area contributed by atoms with Gasteiger partial charge in [0.15, 0.2) is 0 Å². The molecule has 0 spiro atoms. The number of carbonyl (C=O) groups excluding carboxylic acids is 2. The number of nitrogens with one attached hydrogen (secondary N) is 1. The number of rotatable bonds is 5. The molecule has 1 aliphatic heterocycles. The number of pyridine rings is 1. The van der Waals surface area contributed by atoms with Crippen molar-refractivity contribution in [3.63, 3.8) is 0 Å². The molecule has 29 heavy (non-hydrogen) atoms. The molecule has 2 N–H and O–H groups in total. The summed E-state index contributed by atoms with van der Waals surface area (Å²) in [5.74, 6) is -0.940. The highest BCUT2D eigenvalue weighted by Gasteiger charge is 2.31. The van der Waals surface area contributed by atoms with Crippen molar-refractivity contribution in [2.75, 3.05) is 6.54 Å². The maximum atomic E-state index is 12.4. The van der Waals surface area contributed by atoms with Crippen LogP contribution in [0.4, 0.5) is 0 Å². The molecule has 1 amide bonds. The van der Waals surface area contributed by atoms with Crippen molar-refractivity contribution in [2.45, 2.75) is 20.1 Å². The third-order valence-electron chi connectivity index (χ3n) is 4.95. The van der Waals surface area contributed by atoms with Crippen LogP contribution in [0, 0.1) is 6.92 Å². The first-order valence-electron chi connectivity index (χ1n) is 9.22. The van der Waals surface area contributed by atoms with Gasteiger partial charge in [0.25, 0.3) is 5.91 Å². The number of amides is 1. The van der Waals surface area contributed by atoms with Gasteiger partial charge in [0.05, 0.1) is 12.1 Å². The van der Waals surface area contributed by atoms with Gasteiger partial charge in [0, 0.05) is 17.1 Å². The van der Waals surface area contributed by atoms with Crippen LogP contribution in [0.2, 0.25) is 0 Å². The van der Waals surface area contributed by atoms with Crippen molar-refractivity contribution in [1.82, 2.24) is 10.3 Å². The summed E-state index contributed by atoms with van der Waals surface area (Å²) in [6.45, 7) is 1.93. The number of carbonyl (C=O) groups is 2. The van der Waals surface area contributed by atoms with Gasteiger partial charge in [-0.25, -0.2) is 0 Å². The van der Waals surface area contributed by atoms with Crippen molar-refractivity contribution in [1.29, 1.82) is 0 Å². The van der Waals surface area contributed by atoms with Gasteiger partial charge in [0.1, 0.15) is 13.2 Å². The van der Waals surface area contributed by atoms with Gasteiger partial charge in [-0.3, -0.25) is 14.6 Å². The number of esters is 1. The van der Waals surface area contributed by atoms with E-state index in [1.807, 2.05) is 30.3 Å². The molecule has 7 nitrogen and oxygen atoms in total. The summed E-state index contributed by atoms with van der Waals surface area (Å²) in [6, 6.07) is 12.8. The standard InChI is InChI=1S/C21H19BN2O5/c1-13-17(6-5-16-12-29-22(27)20(13)16)21(26)24-10-19(25)28-11-14-4-7-18-15(9-14)3-2-8-23-18/h2-9,27H,10-12H2,1H3,(H,24,26).